The smallest absolute Gasteiger partial charge is 0.311 e. The number of carbonyl (C=O) groups is 1. The first-order valence-corrected chi connectivity index (χ1v) is 15.0. The Morgan fingerprint density at radius 3 is 2.48 bits per heavy atom. The Bertz CT molecular complexity index is 1230. The van der Waals surface area contributed by atoms with Crippen LogP contribution < -0.4 is 9.47 Å². The number of halogens is 2. The van der Waals surface area contributed by atoms with Gasteiger partial charge in [0, 0.05) is 11.8 Å². The largest absolute Gasteiger partial charge is 0.483 e. The van der Waals surface area contributed by atoms with Crippen molar-refractivity contribution in [1.82, 2.24) is 4.90 Å². The Kier molecular flexibility index (Phi) is 9.67. The Morgan fingerprint density at radius 2 is 1.77 bits per heavy atom. The molecule has 0 spiro atoms. The molecule has 40 heavy (non-hydrogen) atoms. The van der Waals surface area contributed by atoms with E-state index in [1.807, 2.05) is 12.1 Å². The van der Waals surface area contributed by atoms with Gasteiger partial charge >= 0.3 is 5.97 Å². The first-order valence-electron chi connectivity index (χ1n) is 15.0. The van der Waals surface area contributed by atoms with Gasteiger partial charge in [-0.05, 0) is 125 Å². The molecule has 0 aromatic heterocycles. The quantitative estimate of drug-likeness (QED) is 0.224. The van der Waals surface area contributed by atoms with Crippen molar-refractivity contribution in [3.8, 4) is 11.5 Å². The second-order valence-electron chi connectivity index (χ2n) is 12.3. The fourth-order valence-electron chi connectivity index (χ4n) is 6.96. The highest BCUT2D eigenvalue weighted by atomic mass is 35.5. The van der Waals surface area contributed by atoms with E-state index in [4.69, 9.17) is 9.47 Å². The van der Waals surface area contributed by atoms with Gasteiger partial charge in [-0.2, -0.15) is 0 Å². The van der Waals surface area contributed by atoms with Crippen molar-refractivity contribution in [3.63, 3.8) is 0 Å². The maximum atomic E-state index is 13.8. The molecule has 5 rings (SSSR count). The number of piperidine rings is 1. The van der Waals surface area contributed by atoms with E-state index < -0.39 is 5.60 Å². The summed E-state index contributed by atoms with van der Waals surface area (Å²) in [4.78, 5) is 15.7. The molecule has 0 bridgehead atoms. The van der Waals surface area contributed by atoms with E-state index in [2.05, 4.69) is 44.7 Å². The molecule has 1 aliphatic carbocycles. The molecule has 0 radical (unpaired) electrons. The van der Waals surface area contributed by atoms with Crippen molar-refractivity contribution in [2.75, 3.05) is 19.6 Å². The summed E-state index contributed by atoms with van der Waals surface area (Å²) in [6.07, 6.45) is 9.92. The van der Waals surface area contributed by atoms with Gasteiger partial charge < -0.3 is 14.4 Å². The van der Waals surface area contributed by atoms with Gasteiger partial charge in [-0.25, -0.2) is 4.39 Å². The van der Waals surface area contributed by atoms with Crippen LogP contribution in [0.1, 0.15) is 109 Å². The Labute approximate surface area is 245 Å². The summed E-state index contributed by atoms with van der Waals surface area (Å²) in [6.45, 7) is 11.9. The van der Waals surface area contributed by atoms with E-state index in [1.54, 1.807) is 0 Å². The van der Waals surface area contributed by atoms with Crippen LogP contribution in [0.3, 0.4) is 0 Å². The van der Waals surface area contributed by atoms with Gasteiger partial charge in [-0.3, -0.25) is 4.79 Å². The van der Waals surface area contributed by atoms with E-state index in [-0.39, 0.29) is 29.6 Å². The van der Waals surface area contributed by atoms with E-state index >= 15 is 0 Å². The van der Waals surface area contributed by atoms with Crippen LogP contribution in [0, 0.1) is 5.82 Å². The minimum absolute atomic E-state index is 0. The van der Waals surface area contributed by atoms with Crippen molar-refractivity contribution in [3.05, 3.63) is 64.5 Å². The number of carbonyl (C=O) groups excluding carboxylic acids is 1. The highest BCUT2D eigenvalue weighted by Crippen LogP contribution is 2.53. The second kappa shape index (κ2) is 12.7. The maximum Gasteiger partial charge on any atom is 0.311 e. The summed E-state index contributed by atoms with van der Waals surface area (Å²) < 4.78 is 26.7. The predicted octanol–water partition coefficient (Wildman–Crippen LogP) is 8.63. The molecular weight excluding hydrogens is 525 g/mol. The fourth-order valence-corrected chi connectivity index (χ4v) is 6.96. The molecule has 1 unspecified atom stereocenters. The average Bonchev–Trinajstić information content (AvgIpc) is 3.40. The molecule has 218 valence electrons. The van der Waals surface area contributed by atoms with Crippen molar-refractivity contribution in [1.29, 1.82) is 0 Å². The number of nitrogens with zero attached hydrogens (tertiary/aromatic N) is 1. The molecule has 3 aliphatic rings. The van der Waals surface area contributed by atoms with Gasteiger partial charge in [0.1, 0.15) is 22.9 Å². The first kappa shape index (κ1) is 30.6. The lowest BCUT2D eigenvalue weighted by Crippen LogP contribution is -2.34. The molecule has 0 saturated carbocycles. The van der Waals surface area contributed by atoms with Gasteiger partial charge in [0.25, 0.3) is 0 Å². The molecule has 0 N–H and O–H groups in total. The van der Waals surface area contributed by atoms with Gasteiger partial charge in [0.15, 0.2) is 0 Å². The lowest BCUT2D eigenvalue weighted by molar-refractivity contribution is -0.134. The average molecular weight is 570 g/mol. The van der Waals surface area contributed by atoms with Crippen LogP contribution in [0.5, 0.6) is 11.5 Å². The van der Waals surface area contributed by atoms with Crippen LogP contribution in [0.15, 0.2) is 42.0 Å². The molecule has 2 heterocycles. The predicted molar refractivity (Wildman–Crippen MR) is 162 cm³/mol. The van der Waals surface area contributed by atoms with Crippen molar-refractivity contribution < 1.29 is 18.7 Å². The molecule has 1 fully saturated rings. The number of allylic oxidation sites excluding steroid dienone is 1. The van der Waals surface area contributed by atoms with Crippen molar-refractivity contribution in [2.45, 2.75) is 103 Å². The van der Waals surface area contributed by atoms with Crippen LogP contribution in [-0.4, -0.2) is 36.1 Å². The zero-order chi connectivity index (χ0) is 27.6. The van der Waals surface area contributed by atoms with Crippen LogP contribution in [-0.2, 0) is 10.2 Å². The third-order valence-corrected chi connectivity index (χ3v) is 9.07. The zero-order valence-electron chi connectivity index (χ0n) is 24.6. The molecule has 2 aliphatic heterocycles. The number of likely N-dealkylation sites (tertiary alicyclic amines) is 1. The SMILES string of the molecule is CCCC(C)(c1ccc(F)cc1)c1cc(OC(=O)CCCN2CCCCC2)c2c(c1)OC(C)(C)C1=C2CCC1.Cl. The highest BCUT2D eigenvalue weighted by Gasteiger charge is 2.40. The normalized spacial score (nSPS) is 19.6. The minimum atomic E-state index is -0.399. The summed E-state index contributed by atoms with van der Waals surface area (Å²) in [6, 6.07) is 11.0. The van der Waals surface area contributed by atoms with Gasteiger partial charge in [0.05, 0.1) is 5.56 Å². The third kappa shape index (κ3) is 6.26. The van der Waals surface area contributed by atoms with Crippen LogP contribution >= 0.6 is 12.4 Å². The maximum absolute atomic E-state index is 13.8. The van der Waals surface area contributed by atoms with Gasteiger partial charge in [-0.15, -0.1) is 12.4 Å². The van der Waals surface area contributed by atoms with Crippen molar-refractivity contribution in [2.24, 2.45) is 0 Å². The first-order chi connectivity index (χ1) is 18.7. The van der Waals surface area contributed by atoms with Crippen LogP contribution in [0.2, 0.25) is 0 Å². The number of esters is 1. The fraction of sp³-hybridized carbons (Fsp3) is 0.559. The number of hydrogen-bond acceptors (Lipinski definition) is 4. The third-order valence-electron chi connectivity index (χ3n) is 9.07. The van der Waals surface area contributed by atoms with Gasteiger partial charge in [0.2, 0.25) is 0 Å². The summed E-state index contributed by atoms with van der Waals surface area (Å²) in [5.74, 6) is 0.974. The molecule has 1 saturated heterocycles. The van der Waals surface area contributed by atoms with E-state index in [0.717, 1.165) is 80.6 Å². The minimum Gasteiger partial charge on any atom is -0.483 e. The van der Waals surface area contributed by atoms with E-state index in [1.165, 1.54) is 42.5 Å². The Morgan fingerprint density at radius 1 is 1.05 bits per heavy atom. The number of ether oxygens (including phenoxy) is 2. The van der Waals surface area contributed by atoms with E-state index in [9.17, 15) is 9.18 Å². The Hall–Kier alpha value is -2.37. The number of benzene rings is 2. The lowest BCUT2D eigenvalue weighted by Gasteiger charge is -2.38. The number of hydrogen-bond donors (Lipinski definition) is 0. The standard InChI is InChI=1S/C34H44FNO3.ClH/c1-5-18-34(4,24-14-16-26(35)17-15-24)25-22-29(38-31(37)13-10-21-36-19-7-6-8-20-36)32-27-11-9-12-28(27)33(2,3)39-30(32)23-25;/h14-17,22-23H,5-13,18-21H2,1-4H3;1H. The molecular formula is C34H45ClFNO3. The summed E-state index contributed by atoms with van der Waals surface area (Å²) in [5, 5.41) is 0. The molecule has 1 atom stereocenters. The monoisotopic (exact) mass is 569 g/mol. The zero-order valence-corrected chi connectivity index (χ0v) is 25.4. The highest BCUT2D eigenvalue weighted by molar-refractivity contribution is 5.85. The number of fused-ring (bicyclic) bond motifs is 2. The molecule has 4 nitrogen and oxygen atoms in total. The lowest BCUT2D eigenvalue weighted by atomic mass is 9.72. The van der Waals surface area contributed by atoms with Crippen LogP contribution in [0.4, 0.5) is 4.39 Å². The number of rotatable bonds is 9. The van der Waals surface area contributed by atoms with Gasteiger partial charge in [-0.1, -0.05) is 38.8 Å². The van der Waals surface area contributed by atoms with E-state index in [0.29, 0.717) is 12.2 Å². The molecule has 0 amide bonds. The Balaban J connectivity index is 0.00000370. The second-order valence-corrected chi connectivity index (χ2v) is 12.3. The summed E-state index contributed by atoms with van der Waals surface area (Å²) in [5.41, 5.74) is 4.84. The summed E-state index contributed by atoms with van der Waals surface area (Å²) >= 11 is 0. The molecule has 6 heteroatoms. The van der Waals surface area contributed by atoms with Crippen molar-refractivity contribution >= 4 is 23.9 Å². The molecule has 2 aromatic carbocycles. The topological polar surface area (TPSA) is 38.8 Å². The van der Waals surface area contributed by atoms with Crippen LogP contribution in [0.25, 0.3) is 5.57 Å². The summed E-state index contributed by atoms with van der Waals surface area (Å²) in [7, 11) is 0. The molecule has 2 aromatic rings.